The molecule has 0 aliphatic heterocycles. The van der Waals surface area contributed by atoms with Gasteiger partial charge in [0.1, 0.15) is 36.3 Å². The lowest BCUT2D eigenvalue weighted by molar-refractivity contribution is 0.306. The van der Waals surface area contributed by atoms with Gasteiger partial charge in [-0.15, -0.1) is 0 Å². The lowest BCUT2D eigenvalue weighted by Gasteiger charge is -2.20. The number of nitrogens with one attached hydrogen (secondary N) is 1. The van der Waals surface area contributed by atoms with Crippen molar-refractivity contribution >= 4 is 22.5 Å². The van der Waals surface area contributed by atoms with Gasteiger partial charge in [-0.3, -0.25) is 0 Å². The third-order valence-corrected chi connectivity index (χ3v) is 6.17. The van der Waals surface area contributed by atoms with Crippen molar-refractivity contribution < 1.29 is 14.9 Å². The summed E-state index contributed by atoms with van der Waals surface area (Å²) >= 11 is 6.47. The van der Waals surface area contributed by atoms with E-state index in [0.29, 0.717) is 33.9 Å². The zero-order valence-electron chi connectivity index (χ0n) is 20.9. The average Bonchev–Trinajstić information content (AvgIpc) is 3.53. The second-order valence-corrected chi connectivity index (χ2v) is 8.74. The maximum absolute atomic E-state index is 14.4. The highest BCUT2D eigenvalue weighted by Gasteiger charge is 2.18. The number of hydrogen-bond acceptors (Lipinski definition) is 7. The first kappa shape index (κ1) is 22.6. The van der Waals surface area contributed by atoms with Gasteiger partial charge in [-0.25, -0.2) is 24.0 Å². The van der Waals surface area contributed by atoms with E-state index in [-0.39, 0.29) is 18.2 Å². The Kier molecular flexibility index (Phi) is 6.31. The van der Waals surface area contributed by atoms with Crippen molar-refractivity contribution in [1.29, 1.82) is 0 Å². The summed E-state index contributed by atoms with van der Waals surface area (Å²) in [5, 5.41) is 8.28. The summed E-state index contributed by atoms with van der Waals surface area (Å²) in [5.74, 6) is 0.694. The van der Waals surface area contributed by atoms with Gasteiger partial charge in [0, 0.05) is 41.8 Å². The number of pyridine rings is 1. The molecule has 3 heterocycles. The normalized spacial score (nSPS) is 13.5. The molecular weight excluding hydrogens is 483 g/mol. The molecule has 8 nitrogen and oxygen atoms in total. The Morgan fingerprint density at radius 2 is 2.14 bits per heavy atom. The van der Waals surface area contributed by atoms with E-state index >= 15 is 0 Å². The summed E-state index contributed by atoms with van der Waals surface area (Å²) in [6, 6.07) is 8.71. The van der Waals surface area contributed by atoms with Gasteiger partial charge in [0.2, 0.25) is 0 Å². The van der Waals surface area contributed by atoms with E-state index in [1.807, 2.05) is 38.2 Å². The van der Waals surface area contributed by atoms with Gasteiger partial charge in [-0.1, -0.05) is 23.7 Å². The van der Waals surface area contributed by atoms with Crippen molar-refractivity contribution in [2.24, 2.45) is 7.05 Å². The van der Waals surface area contributed by atoms with Crippen molar-refractivity contribution in [1.82, 2.24) is 30.0 Å². The zero-order valence-corrected chi connectivity index (χ0v) is 20.7. The van der Waals surface area contributed by atoms with Crippen LogP contribution in [-0.2, 0) is 20.2 Å². The number of aromatic nitrogens is 5. The van der Waals surface area contributed by atoms with E-state index in [0.717, 1.165) is 16.6 Å². The van der Waals surface area contributed by atoms with Crippen LogP contribution < -0.4 is 10.1 Å². The molecule has 10 heteroatoms. The topological polar surface area (TPSA) is 90.9 Å². The van der Waals surface area contributed by atoms with Crippen LogP contribution in [0.15, 0.2) is 59.8 Å². The van der Waals surface area contributed by atoms with E-state index in [4.69, 9.17) is 27.1 Å². The fourth-order valence-corrected chi connectivity index (χ4v) is 4.33. The summed E-state index contributed by atoms with van der Waals surface area (Å²) in [4.78, 5) is 13.2. The van der Waals surface area contributed by atoms with Crippen molar-refractivity contribution in [2.75, 3.05) is 0 Å². The number of rotatable bonds is 8. The molecule has 1 atom stereocenters. The molecule has 2 aromatic carbocycles. The molecule has 5 rings (SSSR count). The van der Waals surface area contributed by atoms with Crippen LogP contribution in [0.5, 0.6) is 5.75 Å². The van der Waals surface area contributed by atoms with E-state index in [1.165, 1.54) is 31.1 Å². The van der Waals surface area contributed by atoms with Crippen LogP contribution in [0.1, 0.15) is 36.8 Å². The summed E-state index contributed by atoms with van der Waals surface area (Å²) in [5.41, 5.74) is 3.78. The predicted molar refractivity (Wildman–Crippen MR) is 134 cm³/mol. The first-order chi connectivity index (χ1) is 17.7. The van der Waals surface area contributed by atoms with Gasteiger partial charge >= 0.3 is 0 Å². The maximum Gasteiger partial charge on any atom is 0.180 e. The molecule has 0 spiro atoms. The number of benzene rings is 2. The molecule has 36 heavy (non-hydrogen) atoms. The molecule has 0 unspecified atom stereocenters. The Bertz CT molecular complexity index is 1570. The van der Waals surface area contributed by atoms with Crippen molar-refractivity contribution in [3.8, 4) is 17.1 Å². The first-order valence-electron chi connectivity index (χ1n) is 11.7. The largest absolute Gasteiger partial charge is 0.487 e. The fourth-order valence-electron chi connectivity index (χ4n) is 4.07. The van der Waals surface area contributed by atoms with Crippen LogP contribution in [0, 0.1) is 12.7 Å². The minimum atomic E-state index is -1.39. The number of para-hydroxylation sites is 1. The molecule has 0 saturated heterocycles. The standard InChI is InChI=1S/C26H24ClFN6O2/c1-15-7-21(26-30-13-32-34(26)3)19-5-4-6-24(25(19)33-15)36-12-22-20(8-17(28)9-23(22)27)16(2)29-10-18-11-35-14-31-18/h4-9,11,13-14,16,29H,10,12H2,1-3H3/t16-/m0/s1/i16D. The van der Waals surface area contributed by atoms with Crippen LogP contribution in [0.2, 0.25) is 5.02 Å². The minimum absolute atomic E-state index is 0.00257. The van der Waals surface area contributed by atoms with Gasteiger partial charge in [0.25, 0.3) is 0 Å². The third-order valence-electron chi connectivity index (χ3n) is 5.84. The zero-order chi connectivity index (χ0) is 26.2. The molecule has 0 aliphatic rings. The van der Waals surface area contributed by atoms with E-state index in [1.54, 1.807) is 11.6 Å². The smallest absolute Gasteiger partial charge is 0.180 e. The molecule has 0 radical (unpaired) electrons. The van der Waals surface area contributed by atoms with Crippen molar-refractivity contribution in [3.63, 3.8) is 0 Å². The summed E-state index contributed by atoms with van der Waals surface area (Å²) in [7, 11) is 1.83. The van der Waals surface area contributed by atoms with E-state index < -0.39 is 11.8 Å². The van der Waals surface area contributed by atoms with Gasteiger partial charge in [-0.2, -0.15) is 5.10 Å². The van der Waals surface area contributed by atoms with E-state index in [2.05, 4.69) is 20.4 Å². The number of hydrogen-bond donors (Lipinski definition) is 1. The lowest BCUT2D eigenvalue weighted by Crippen LogP contribution is -2.20. The highest BCUT2D eigenvalue weighted by Crippen LogP contribution is 2.34. The fraction of sp³-hybridized carbons (Fsp3) is 0.231. The molecule has 0 aliphatic carbocycles. The quantitative estimate of drug-likeness (QED) is 0.294. The third kappa shape index (κ3) is 4.80. The molecule has 3 aromatic heterocycles. The van der Waals surface area contributed by atoms with Crippen LogP contribution in [0.3, 0.4) is 0 Å². The van der Waals surface area contributed by atoms with Gasteiger partial charge in [0.05, 0.1) is 12.1 Å². The predicted octanol–water partition coefficient (Wildman–Crippen LogP) is 5.55. The summed E-state index contributed by atoms with van der Waals surface area (Å²) < 4.78 is 36.2. The highest BCUT2D eigenvalue weighted by atomic mass is 35.5. The Hall–Kier alpha value is -3.82. The second kappa shape index (κ2) is 10.0. The van der Waals surface area contributed by atoms with E-state index in [9.17, 15) is 4.39 Å². The molecule has 1 N–H and O–H groups in total. The molecular formula is C26H24ClFN6O2. The number of aryl methyl sites for hydroxylation is 2. The molecule has 5 aromatic rings. The number of fused-ring (bicyclic) bond motifs is 1. The van der Waals surface area contributed by atoms with Gasteiger partial charge in [-0.05, 0) is 43.7 Å². The van der Waals surface area contributed by atoms with Gasteiger partial charge < -0.3 is 14.5 Å². The molecule has 0 fully saturated rings. The number of nitrogens with zero attached hydrogens (tertiary/aromatic N) is 5. The Balaban J connectivity index is 1.49. The summed E-state index contributed by atoms with van der Waals surface area (Å²) in [6.07, 6.45) is 4.30. The van der Waals surface area contributed by atoms with Crippen LogP contribution >= 0.6 is 11.6 Å². The highest BCUT2D eigenvalue weighted by molar-refractivity contribution is 6.31. The van der Waals surface area contributed by atoms with Crippen LogP contribution in [0.4, 0.5) is 4.39 Å². The molecule has 0 amide bonds. The molecule has 0 bridgehead atoms. The SMILES string of the molecule is [2H][C@@](C)(NCc1cocn1)c1cc(F)cc(Cl)c1COc1cccc2c(-c3ncnn3C)cc(C)nc12. The lowest BCUT2D eigenvalue weighted by atomic mass is 10.0. The second-order valence-electron chi connectivity index (χ2n) is 8.33. The monoisotopic (exact) mass is 507 g/mol. The Morgan fingerprint density at radius 1 is 1.28 bits per heavy atom. The summed E-state index contributed by atoms with van der Waals surface area (Å²) in [6.45, 7) is 3.78. The maximum atomic E-state index is 14.4. The molecule has 184 valence electrons. The van der Waals surface area contributed by atoms with Crippen molar-refractivity contribution in [3.05, 3.63) is 88.7 Å². The number of halogens is 2. The Labute approximate surface area is 213 Å². The van der Waals surface area contributed by atoms with Crippen LogP contribution in [0.25, 0.3) is 22.3 Å². The Morgan fingerprint density at radius 3 is 2.89 bits per heavy atom. The minimum Gasteiger partial charge on any atom is -0.487 e. The van der Waals surface area contributed by atoms with Gasteiger partial charge in [0.15, 0.2) is 12.2 Å². The van der Waals surface area contributed by atoms with Crippen LogP contribution in [-0.4, -0.2) is 24.7 Å². The first-order valence-corrected chi connectivity index (χ1v) is 11.6. The number of oxazole rings is 1. The number of ether oxygens (including phenoxy) is 1. The average molecular weight is 508 g/mol. The van der Waals surface area contributed by atoms with Crippen molar-refractivity contribution in [2.45, 2.75) is 33.0 Å². The molecule has 0 saturated carbocycles.